The van der Waals surface area contributed by atoms with Gasteiger partial charge in [-0.15, -0.1) is 0 Å². The summed E-state index contributed by atoms with van der Waals surface area (Å²) in [5.41, 5.74) is 3.62. The molecule has 3 aromatic rings. The third-order valence-corrected chi connectivity index (χ3v) is 9.09. The van der Waals surface area contributed by atoms with Crippen molar-refractivity contribution in [3.05, 3.63) is 65.2 Å². The fourth-order valence-corrected chi connectivity index (χ4v) is 6.84. The summed E-state index contributed by atoms with van der Waals surface area (Å²) in [6, 6.07) is 13.1. The fourth-order valence-electron chi connectivity index (χ4n) is 5.85. The molecule has 2 N–H and O–H groups in total. The molecule has 10 nitrogen and oxygen atoms in total. The smallest absolute Gasteiger partial charge is 0.264 e. The van der Waals surface area contributed by atoms with Crippen LogP contribution in [0, 0.1) is 19.8 Å². The Balaban J connectivity index is 1.62. The Kier molecular flexibility index (Phi) is 8.23. The first-order chi connectivity index (χ1) is 19.9. The molecule has 1 saturated carbocycles. The average molecular weight is 592 g/mol. The van der Waals surface area contributed by atoms with E-state index in [9.17, 15) is 18.0 Å². The van der Waals surface area contributed by atoms with E-state index in [0.29, 0.717) is 25.0 Å². The highest BCUT2D eigenvalue weighted by Gasteiger charge is 2.41. The van der Waals surface area contributed by atoms with Gasteiger partial charge in [0.2, 0.25) is 17.7 Å². The number of benzene rings is 2. The number of rotatable bonds is 5. The van der Waals surface area contributed by atoms with Crippen molar-refractivity contribution in [2.45, 2.75) is 76.9 Å². The summed E-state index contributed by atoms with van der Waals surface area (Å²) in [5.74, 6) is -0.0506. The summed E-state index contributed by atoms with van der Waals surface area (Å²) in [4.78, 5) is 36.5. The largest absolute Gasteiger partial charge is 0.475 e. The number of anilines is 1. The van der Waals surface area contributed by atoms with E-state index in [0.717, 1.165) is 16.7 Å². The number of fused-ring (bicyclic) bond motifs is 4. The summed E-state index contributed by atoms with van der Waals surface area (Å²) in [7, 11) is -4.13. The van der Waals surface area contributed by atoms with E-state index in [-0.39, 0.29) is 64.8 Å². The molecule has 2 amide bonds. The maximum Gasteiger partial charge on any atom is 0.264 e. The average Bonchev–Trinajstić information content (AvgIpc) is 2.89. The van der Waals surface area contributed by atoms with Gasteiger partial charge in [-0.05, 0) is 68.4 Å². The Hall–Kier alpha value is -3.99. The molecule has 4 bridgehead atoms. The molecular weight excluding hydrogens is 554 g/mol. The molecule has 0 saturated heterocycles. The second-order valence-corrected chi connectivity index (χ2v) is 13.3. The van der Waals surface area contributed by atoms with E-state index in [4.69, 9.17) is 4.74 Å². The Morgan fingerprint density at radius 1 is 1.10 bits per heavy atom. The molecule has 2 aliphatic rings. The minimum Gasteiger partial charge on any atom is -0.475 e. The Bertz CT molecular complexity index is 1600. The molecule has 0 radical (unpaired) electrons. The standard InChI is InChI=1S/C31H37N5O5S/c1-18(2)12-25-17-41-28-16-27(29-19(3)8-6-9-20(29)4)33-31(34-28)35-42(39,40)26-11-7-10-22(13-26)30(38)36(25)24-14-23(15-24)32-21(5)37/h6-11,13,16,18,23-25H,12,14-15,17H2,1-5H3,(H,32,37)(H,33,34,35)/t23-,24+,25-/m1/s1. The lowest BCUT2D eigenvalue weighted by molar-refractivity contribution is -0.120. The molecule has 0 unspecified atom stereocenters. The zero-order valence-corrected chi connectivity index (χ0v) is 25.4. The second-order valence-electron chi connectivity index (χ2n) is 11.6. The van der Waals surface area contributed by atoms with Gasteiger partial charge in [0.1, 0.15) is 6.61 Å². The first kappa shape index (κ1) is 29.5. The van der Waals surface area contributed by atoms with Crippen molar-refractivity contribution < 1.29 is 22.7 Å². The van der Waals surface area contributed by atoms with E-state index < -0.39 is 10.0 Å². The first-order valence-electron chi connectivity index (χ1n) is 14.2. The number of sulfonamides is 1. The molecule has 1 fully saturated rings. The lowest BCUT2D eigenvalue weighted by atomic mass is 9.83. The molecule has 1 atom stereocenters. The molecular formula is C31H37N5O5S. The van der Waals surface area contributed by atoms with Crippen LogP contribution >= 0.6 is 0 Å². The van der Waals surface area contributed by atoms with Gasteiger partial charge in [-0.2, -0.15) is 4.98 Å². The molecule has 0 spiro atoms. The number of carbonyl (C=O) groups is 2. The van der Waals surface area contributed by atoms with Crippen molar-refractivity contribution >= 4 is 27.8 Å². The number of nitrogens with zero attached hydrogens (tertiary/aromatic N) is 3. The van der Waals surface area contributed by atoms with Gasteiger partial charge in [0, 0.05) is 36.2 Å². The van der Waals surface area contributed by atoms with Crippen molar-refractivity contribution in [2.75, 3.05) is 11.3 Å². The van der Waals surface area contributed by atoms with Gasteiger partial charge in [0.05, 0.1) is 16.6 Å². The third kappa shape index (κ3) is 6.25. The third-order valence-electron chi connectivity index (χ3n) is 7.77. The highest BCUT2D eigenvalue weighted by atomic mass is 32.2. The fraction of sp³-hybridized carbons (Fsp3) is 0.419. The lowest BCUT2D eigenvalue weighted by Gasteiger charge is -2.46. The second kappa shape index (κ2) is 11.7. The van der Waals surface area contributed by atoms with Crippen LogP contribution in [0.4, 0.5) is 5.95 Å². The summed E-state index contributed by atoms with van der Waals surface area (Å²) in [6.07, 6.45) is 1.87. The highest BCUT2D eigenvalue weighted by Crippen LogP contribution is 2.33. The molecule has 1 aliphatic heterocycles. The van der Waals surface area contributed by atoms with Gasteiger partial charge in [-0.1, -0.05) is 38.1 Å². The molecule has 42 heavy (non-hydrogen) atoms. The van der Waals surface area contributed by atoms with Gasteiger partial charge in [0.15, 0.2) is 0 Å². The number of hydrogen-bond donors (Lipinski definition) is 2. The topological polar surface area (TPSA) is 131 Å². The number of aromatic nitrogens is 2. The van der Waals surface area contributed by atoms with Crippen LogP contribution in [0.5, 0.6) is 5.88 Å². The van der Waals surface area contributed by atoms with Crippen LogP contribution < -0.4 is 14.8 Å². The minimum absolute atomic E-state index is 0.0225. The molecule has 1 aliphatic carbocycles. The van der Waals surface area contributed by atoms with E-state index in [1.807, 2.05) is 36.9 Å². The van der Waals surface area contributed by atoms with Crippen molar-refractivity contribution in [1.82, 2.24) is 20.2 Å². The summed E-state index contributed by atoms with van der Waals surface area (Å²) >= 11 is 0. The summed E-state index contributed by atoms with van der Waals surface area (Å²) < 4.78 is 35.8. The van der Waals surface area contributed by atoms with Gasteiger partial charge in [0.25, 0.3) is 15.9 Å². The Morgan fingerprint density at radius 2 is 1.79 bits per heavy atom. The van der Waals surface area contributed by atoms with Crippen molar-refractivity contribution in [2.24, 2.45) is 5.92 Å². The van der Waals surface area contributed by atoms with Crippen molar-refractivity contribution in [3.8, 4) is 17.1 Å². The normalized spacial score (nSPS) is 21.6. The van der Waals surface area contributed by atoms with Crippen LogP contribution in [0.2, 0.25) is 0 Å². The molecule has 222 valence electrons. The molecule has 5 rings (SSSR count). The van der Waals surface area contributed by atoms with Crippen LogP contribution in [0.15, 0.2) is 53.4 Å². The predicted octanol–water partition coefficient (Wildman–Crippen LogP) is 4.48. The van der Waals surface area contributed by atoms with Crippen molar-refractivity contribution in [1.29, 1.82) is 0 Å². The quantitative estimate of drug-likeness (QED) is 0.447. The number of hydrogen-bond acceptors (Lipinski definition) is 7. The Labute approximate surface area is 247 Å². The van der Waals surface area contributed by atoms with E-state index >= 15 is 0 Å². The van der Waals surface area contributed by atoms with Crippen LogP contribution in [-0.4, -0.2) is 59.8 Å². The Morgan fingerprint density at radius 3 is 2.45 bits per heavy atom. The van der Waals surface area contributed by atoms with Crippen LogP contribution in [0.25, 0.3) is 11.3 Å². The van der Waals surface area contributed by atoms with Gasteiger partial charge >= 0.3 is 0 Å². The maximum absolute atomic E-state index is 14.1. The first-order valence-corrected chi connectivity index (χ1v) is 15.7. The monoisotopic (exact) mass is 591 g/mol. The lowest BCUT2D eigenvalue weighted by Crippen LogP contribution is -2.59. The summed E-state index contributed by atoms with van der Waals surface area (Å²) in [5, 5.41) is 2.93. The summed E-state index contributed by atoms with van der Waals surface area (Å²) in [6.45, 7) is 9.75. The van der Waals surface area contributed by atoms with Gasteiger partial charge in [-0.25, -0.2) is 18.1 Å². The van der Waals surface area contributed by atoms with Gasteiger partial charge < -0.3 is 15.0 Å². The molecule has 2 heterocycles. The van der Waals surface area contributed by atoms with E-state index in [1.54, 1.807) is 18.2 Å². The van der Waals surface area contributed by atoms with Gasteiger partial charge in [-0.3, -0.25) is 9.59 Å². The molecule has 1 aromatic heterocycles. The SMILES string of the molecule is CC(=O)N[C@H]1C[C@@H](N2C(=O)c3cccc(c3)S(=O)(=O)Nc3nc(cc(-c4c(C)cccc4C)n3)OC[C@H]2CC(C)C)C1. The number of ether oxygens (including phenoxy) is 1. The molecule has 2 aromatic carbocycles. The van der Waals surface area contributed by atoms with Crippen LogP contribution in [-0.2, 0) is 14.8 Å². The number of amides is 2. The number of nitrogens with one attached hydrogen (secondary N) is 2. The molecule has 11 heteroatoms. The number of carbonyl (C=O) groups excluding carboxylic acids is 2. The predicted molar refractivity (Wildman–Crippen MR) is 160 cm³/mol. The van der Waals surface area contributed by atoms with E-state index in [1.165, 1.54) is 19.1 Å². The zero-order valence-electron chi connectivity index (χ0n) is 24.5. The van der Waals surface area contributed by atoms with Crippen LogP contribution in [0.1, 0.15) is 61.5 Å². The minimum atomic E-state index is -4.13. The highest BCUT2D eigenvalue weighted by molar-refractivity contribution is 7.92. The van der Waals surface area contributed by atoms with Crippen molar-refractivity contribution in [3.63, 3.8) is 0 Å². The van der Waals surface area contributed by atoms with Crippen LogP contribution in [0.3, 0.4) is 0 Å². The zero-order chi connectivity index (χ0) is 30.2. The van der Waals surface area contributed by atoms with E-state index in [2.05, 4.69) is 33.9 Å². The number of aryl methyl sites for hydroxylation is 2. The maximum atomic E-state index is 14.1.